The zero-order valence-electron chi connectivity index (χ0n) is 15.5. The van der Waals surface area contributed by atoms with E-state index in [1.54, 1.807) is 19.5 Å². The minimum absolute atomic E-state index is 0.440. The second kappa shape index (κ2) is 9.40. The largest absolute Gasteiger partial charge is 0.493 e. The molecule has 0 saturated carbocycles. The molecule has 5 heteroatoms. The van der Waals surface area contributed by atoms with E-state index in [4.69, 9.17) is 21.1 Å². The molecule has 0 saturated heterocycles. The second-order valence-electron chi connectivity index (χ2n) is 6.34. The highest BCUT2D eigenvalue weighted by Gasteiger charge is 2.12. The number of aromatic nitrogens is 1. The number of ether oxygens (including phenoxy) is 2. The first-order chi connectivity index (χ1) is 13.2. The van der Waals surface area contributed by atoms with Gasteiger partial charge in [-0.2, -0.15) is 0 Å². The van der Waals surface area contributed by atoms with Crippen LogP contribution in [0, 0.1) is 6.92 Å². The Labute approximate surface area is 165 Å². The third kappa shape index (κ3) is 5.46. The fraction of sp³-hybridized carbons (Fsp3) is 0.227. The number of aryl methyl sites for hydroxylation is 1. The lowest BCUT2D eigenvalue weighted by atomic mass is 10.1. The average Bonchev–Trinajstić information content (AvgIpc) is 2.69. The van der Waals surface area contributed by atoms with Crippen LogP contribution in [0.4, 0.5) is 0 Å². The van der Waals surface area contributed by atoms with Crippen LogP contribution in [0.5, 0.6) is 11.5 Å². The van der Waals surface area contributed by atoms with Crippen molar-refractivity contribution in [3.05, 3.63) is 88.2 Å². The highest BCUT2D eigenvalue weighted by atomic mass is 35.5. The number of hydrogen-bond donors (Lipinski definition) is 1. The Bertz CT molecular complexity index is 867. The standard InChI is InChI=1S/C22H23ClN2O2/c1-16-3-5-18(6-4-16)15-27-22-20(23)11-19(12-21(22)26-2)14-25-13-17-7-9-24-10-8-17/h3-12,25H,13-15H2,1-2H3. The molecule has 1 aromatic heterocycles. The molecule has 0 fully saturated rings. The molecule has 140 valence electrons. The van der Waals surface area contributed by atoms with Crippen LogP contribution in [-0.2, 0) is 19.7 Å². The SMILES string of the molecule is COc1cc(CNCc2ccncc2)cc(Cl)c1OCc1ccc(C)cc1. The molecule has 0 aliphatic carbocycles. The summed E-state index contributed by atoms with van der Waals surface area (Å²) >= 11 is 6.46. The topological polar surface area (TPSA) is 43.4 Å². The number of methoxy groups -OCH3 is 1. The van der Waals surface area contributed by atoms with Crippen molar-refractivity contribution in [3.8, 4) is 11.5 Å². The van der Waals surface area contributed by atoms with E-state index in [2.05, 4.69) is 29.4 Å². The van der Waals surface area contributed by atoms with E-state index in [0.29, 0.717) is 29.7 Å². The predicted octanol–water partition coefficient (Wildman–Crippen LogP) is 4.92. The van der Waals surface area contributed by atoms with Gasteiger partial charge in [-0.3, -0.25) is 4.98 Å². The van der Waals surface area contributed by atoms with Gasteiger partial charge in [-0.1, -0.05) is 41.4 Å². The molecule has 0 bridgehead atoms. The van der Waals surface area contributed by atoms with Crippen LogP contribution in [0.25, 0.3) is 0 Å². The Morgan fingerprint density at radius 2 is 1.63 bits per heavy atom. The molecule has 0 atom stereocenters. The molecule has 0 aliphatic rings. The van der Waals surface area contributed by atoms with Crippen molar-refractivity contribution in [1.29, 1.82) is 0 Å². The van der Waals surface area contributed by atoms with Gasteiger partial charge in [-0.15, -0.1) is 0 Å². The van der Waals surface area contributed by atoms with Crippen LogP contribution in [0.2, 0.25) is 5.02 Å². The molecule has 3 rings (SSSR count). The Morgan fingerprint density at radius 1 is 0.926 bits per heavy atom. The van der Waals surface area contributed by atoms with E-state index in [9.17, 15) is 0 Å². The molecule has 1 N–H and O–H groups in total. The molecule has 4 nitrogen and oxygen atoms in total. The second-order valence-corrected chi connectivity index (χ2v) is 6.75. The summed E-state index contributed by atoms with van der Waals surface area (Å²) in [6, 6.07) is 16.1. The van der Waals surface area contributed by atoms with Gasteiger partial charge in [-0.05, 0) is 47.9 Å². The average molecular weight is 383 g/mol. The summed E-state index contributed by atoms with van der Waals surface area (Å²) in [5.41, 5.74) is 4.52. The summed E-state index contributed by atoms with van der Waals surface area (Å²) in [6.45, 7) is 3.94. The summed E-state index contributed by atoms with van der Waals surface area (Å²) in [7, 11) is 1.62. The summed E-state index contributed by atoms with van der Waals surface area (Å²) in [6.07, 6.45) is 3.58. The molecule has 3 aromatic rings. The number of rotatable bonds is 8. The van der Waals surface area contributed by atoms with Gasteiger partial charge in [0.2, 0.25) is 0 Å². The van der Waals surface area contributed by atoms with Crippen molar-refractivity contribution in [1.82, 2.24) is 10.3 Å². The Kier molecular flexibility index (Phi) is 6.69. The van der Waals surface area contributed by atoms with E-state index in [1.807, 2.05) is 36.4 Å². The normalized spacial score (nSPS) is 10.6. The van der Waals surface area contributed by atoms with E-state index < -0.39 is 0 Å². The van der Waals surface area contributed by atoms with Crippen LogP contribution >= 0.6 is 11.6 Å². The van der Waals surface area contributed by atoms with Crippen molar-refractivity contribution in [2.24, 2.45) is 0 Å². The van der Waals surface area contributed by atoms with Crippen molar-refractivity contribution in [2.45, 2.75) is 26.6 Å². The number of pyridine rings is 1. The first-order valence-corrected chi connectivity index (χ1v) is 9.18. The van der Waals surface area contributed by atoms with Gasteiger partial charge in [0.15, 0.2) is 11.5 Å². The Hall–Kier alpha value is -2.56. The lowest BCUT2D eigenvalue weighted by Gasteiger charge is -2.15. The fourth-order valence-corrected chi connectivity index (χ4v) is 2.99. The monoisotopic (exact) mass is 382 g/mol. The Balaban J connectivity index is 1.64. The maximum absolute atomic E-state index is 6.46. The fourth-order valence-electron chi connectivity index (χ4n) is 2.71. The van der Waals surface area contributed by atoms with Crippen LogP contribution < -0.4 is 14.8 Å². The molecular weight excluding hydrogens is 360 g/mol. The van der Waals surface area contributed by atoms with Gasteiger partial charge in [0.05, 0.1) is 12.1 Å². The summed E-state index contributed by atoms with van der Waals surface area (Å²) in [5, 5.41) is 3.94. The van der Waals surface area contributed by atoms with Crippen molar-refractivity contribution < 1.29 is 9.47 Å². The first kappa shape index (κ1) is 19.2. The first-order valence-electron chi connectivity index (χ1n) is 8.80. The van der Waals surface area contributed by atoms with E-state index in [1.165, 1.54) is 11.1 Å². The number of halogens is 1. The van der Waals surface area contributed by atoms with Crippen molar-refractivity contribution >= 4 is 11.6 Å². The van der Waals surface area contributed by atoms with Gasteiger partial charge in [0.25, 0.3) is 0 Å². The maximum atomic E-state index is 6.46. The third-order valence-corrected chi connectivity index (χ3v) is 4.48. The molecule has 2 aromatic carbocycles. The van der Waals surface area contributed by atoms with Crippen LogP contribution in [0.1, 0.15) is 22.3 Å². The molecule has 0 spiro atoms. The zero-order valence-corrected chi connectivity index (χ0v) is 16.3. The van der Waals surface area contributed by atoms with Gasteiger partial charge < -0.3 is 14.8 Å². The molecule has 27 heavy (non-hydrogen) atoms. The van der Waals surface area contributed by atoms with Gasteiger partial charge >= 0.3 is 0 Å². The number of benzene rings is 2. The lowest BCUT2D eigenvalue weighted by molar-refractivity contribution is 0.284. The molecule has 0 amide bonds. The quantitative estimate of drug-likeness (QED) is 0.600. The van der Waals surface area contributed by atoms with Gasteiger partial charge in [0, 0.05) is 25.5 Å². The van der Waals surface area contributed by atoms with Crippen molar-refractivity contribution in [3.63, 3.8) is 0 Å². The lowest BCUT2D eigenvalue weighted by Crippen LogP contribution is -2.13. The van der Waals surface area contributed by atoms with E-state index >= 15 is 0 Å². The van der Waals surface area contributed by atoms with Crippen LogP contribution in [-0.4, -0.2) is 12.1 Å². The smallest absolute Gasteiger partial charge is 0.180 e. The highest BCUT2D eigenvalue weighted by Crippen LogP contribution is 2.37. The highest BCUT2D eigenvalue weighted by molar-refractivity contribution is 6.32. The third-order valence-electron chi connectivity index (χ3n) is 4.20. The molecule has 1 heterocycles. The molecular formula is C22H23ClN2O2. The van der Waals surface area contributed by atoms with Gasteiger partial charge in [0.1, 0.15) is 6.61 Å². The minimum Gasteiger partial charge on any atom is -0.493 e. The summed E-state index contributed by atoms with van der Waals surface area (Å²) < 4.78 is 11.4. The Morgan fingerprint density at radius 3 is 2.33 bits per heavy atom. The summed E-state index contributed by atoms with van der Waals surface area (Å²) in [5.74, 6) is 1.20. The van der Waals surface area contributed by atoms with Crippen LogP contribution in [0.3, 0.4) is 0 Å². The summed E-state index contributed by atoms with van der Waals surface area (Å²) in [4.78, 5) is 4.02. The maximum Gasteiger partial charge on any atom is 0.180 e. The molecule has 0 unspecified atom stereocenters. The number of nitrogens with one attached hydrogen (secondary N) is 1. The molecule has 0 aliphatic heterocycles. The predicted molar refractivity (Wildman–Crippen MR) is 108 cm³/mol. The van der Waals surface area contributed by atoms with E-state index in [-0.39, 0.29) is 0 Å². The number of hydrogen-bond acceptors (Lipinski definition) is 4. The number of nitrogens with zero attached hydrogens (tertiary/aromatic N) is 1. The van der Waals surface area contributed by atoms with Crippen molar-refractivity contribution in [2.75, 3.05) is 7.11 Å². The minimum atomic E-state index is 0.440. The zero-order chi connectivity index (χ0) is 19.1. The van der Waals surface area contributed by atoms with E-state index in [0.717, 1.165) is 17.7 Å². The van der Waals surface area contributed by atoms with Crippen LogP contribution in [0.15, 0.2) is 60.9 Å². The van der Waals surface area contributed by atoms with Gasteiger partial charge in [-0.25, -0.2) is 0 Å². The molecule has 0 radical (unpaired) electrons.